The summed E-state index contributed by atoms with van der Waals surface area (Å²) < 4.78 is 31.5. The number of nitrogens with zero attached hydrogens (tertiary/aromatic N) is 3. The van der Waals surface area contributed by atoms with Crippen LogP contribution in [0.15, 0.2) is 9.42 Å². The highest BCUT2D eigenvalue weighted by Crippen LogP contribution is 2.28. The Morgan fingerprint density at radius 2 is 2.16 bits per heavy atom. The number of nitrogen functional groups attached to an aromatic ring is 1. The number of aryl methyl sites for hydroxylation is 1. The Bertz CT molecular complexity index is 533. The van der Waals surface area contributed by atoms with Crippen molar-refractivity contribution in [1.82, 2.24) is 14.4 Å². The van der Waals surface area contributed by atoms with Crippen LogP contribution < -0.4 is 5.73 Å². The first-order chi connectivity index (χ1) is 8.84. The molecule has 7 nitrogen and oxygen atoms in total. The molecule has 0 bridgehead atoms. The van der Waals surface area contributed by atoms with Gasteiger partial charge >= 0.3 is 0 Å². The van der Waals surface area contributed by atoms with Gasteiger partial charge < -0.3 is 15.2 Å². The lowest BCUT2D eigenvalue weighted by molar-refractivity contribution is 0.190. The zero-order valence-corrected chi connectivity index (χ0v) is 12.3. The van der Waals surface area contributed by atoms with Gasteiger partial charge in [0.05, 0.1) is 0 Å². The lowest BCUT2D eigenvalue weighted by Gasteiger charge is -2.35. The van der Waals surface area contributed by atoms with Crippen LogP contribution in [-0.2, 0) is 10.0 Å². The van der Waals surface area contributed by atoms with Crippen LogP contribution in [0.4, 0.5) is 5.82 Å². The van der Waals surface area contributed by atoms with E-state index < -0.39 is 10.0 Å². The molecular weight excluding hydrogens is 268 g/mol. The number of likely N-dealkylation sites (N-methyl/N-ethyl adjacent to an activating group) is 1. The number of rotatable bonds is 3. The Balaban J connectivity index is 2.30. The van der Waals surface area contributed by atoms with Crippen molar-refractivity contribution in [3.63, 3.8) is 0 Å². The van der Waals surface area contributed by atoms with Crippen molar-refractivity contribution in [2.45, 2.75) is 30.7 Å². The second kappa shape index (κ2) is 5.10. The Hall–Kier alpha value is -1.12. The first kappa shape index (κ1) is 14.3. The van der Waals surface area contributed by atoms with Gasteiger partial charge in [0.2, 0.25) is 10.0 Å². The number of hydrogen-bond acceptors (Lipinski definition) is 6. The van der Waals surface area contributed by atoms with Gasteiger partial charge in [-0.3, -0.25) is 0 Å². The first-order valence-corrected chi connectivity index (χ1v) is 7.66. The van der Waals surface area contributed by atoms with Gasteiger partial charge in [-0.15, -0.1) is 0 Å². The predicted octanol–water partition coefficient (Wildman–Crippen LogP) is 0.280. The molecular formula is C11H20N4O3S. The van der Waals surface area contributed by atoms with Crippen molar-refractivity contribution in [1.29, 1.82) is 0 Å². The molecule has 1 aromatic rings. The average Bonchev–Trinajstić information content (AvgIpc) is 2.69. The highest BCUT2D eigenvalue weighted by Gasteiger charge is 2.35. The maximum absolute atomic E-state index is 12.6. The Kier molecular flexibility index (Phi) is 3.84. The van der Waals surface area contributed by atoms with Crippen molar-refractivity contribution in [2.75, 3.05) is 32.9 Å². The minimum Gasteiger partial charge on any atom is -0.380 e. The number of sulfonamides is 1. The quantitative estimate of drug-likeness (QED) is 0.859. The van der Waals surface area contributed by atoms with E-state index in [0.717, 1.165) is 12.8 Å². The summed E-state index contributed by atoms with van der Waals surface area (Å²) in [6.07, 6.45) is 1.84. The van der Waals surface area contributed by atoms with Crippen molar-refractivity contribution in [3.05, 3.63) is 5.76 Å². The van der Waals surface area contributed by atoms with Gasteiger partial charge in [-0.1, -0.05) is 5.16 Å². The lowest BCUT2D eigenvalue weighted by atomic mass is 10.1. The Labute approximate surface area is 113 Å². The van der Waals surface area contributed by atoms with E-state index in [2.05, 4.69) is 5.16 Å². The van der Waals surface area contributed by atoms with Crippen LogP contribution in [0.3, 0.4) is 0 Å². The summed E-state index contributed by atoms with van der Waals surface area (Å²) in [6, 6.07) is 0.227. The first-order valence-electron chi connectivity index (χ1n) is 6.22. The maximum Gasteiger partial charge on any atom is 0.250 e. The molecule has 1 aliphatic heterocycles. The van der Waals surface area contributed by atoms with Crippen molar-refractivity contribution < 1.29 is 12.9 Å². The van der Waals surface area contributed by atoms with Gasteiger partial charge in [-0.25, -0.2) is 8.42 Å². The second-order valence-electron chi connectivity index (χ2n) is 5.08. The van der Waals surface area contributed by atoms with Crippen molar-refractivity contribution in [2.24, 2.45) is 0 Å². The summed E-state index contributed by atoms with van der Waals surface area (Å²) in [5.74, 6) is 0.175. The van der Waals surface area contributed by atoms with Gasteiger partial charge in [-0.05, 0) is 33.9 Å². The zero-order chi connectivity index (χ0) is 14.2. The van der Waals surface area contributed by atoms with Crippen LogP contribution in [0.1, 0.15) is 18.6 Å². The van der Waals surface area contributed by atoms with Gasteiger partial charge in [0.1, 0.15) is 0 Å². The number of nitrogens with two attached hydrogens (primary N) is 1. The number of anilines is 1. The second-order valence-corrected chi connectivity index (χ2v) is 6.95. The Morgan fingerprint density at radius 1 is 1.47 bits per heavy atom. The van der Waals surface area contributed by atoms with Crippen LogP contribution >= 0.6 is 0 Å². The molecule has 8 heteroatoms. The van der Waals surface area contributed by atoms with Crippen LogP contribution in [0.5, 0.6) is 0 Å². The third kappa shape index (κ3) is 2.60. The molecule has 0 spiro atoms. The molecule has 19 heavy (non-hydrogen) atoms. The largest absolute Gasteiger partial charge is 0.380 e. The van der Waals surface area contributed by atoms with Gasteiger partial charge in [-0.2, -0.15) is 4.31 Å². The fourth-order valence-electron chi connectivity index (χ4n) is 2.38. The number of aromatic nitrogens is 1. The maximum atomic E-state index is 12.6. The molecule has 2 rings (SSSR count). The van der Waals surface area contributed by atoms with E-state index in [1.807, 2.05) is 19.0 Å². The standard InChI is InChI=1S/C11H20N4O3S/c1-8-10(11(12)13-18-8)19(16,17)15-6-4-5-9(7-15)14(2)3/h9H,4-7H2,1-3H3,(H2,12,13). The van der Waals surface area contributed by atoms with Crippen LogP contribution in [0.2, 0.25) is 0 Å². The monoisotopic (exact) mass is 288 g/mol. The molecule has 2 N–H and O–H groups in total. The van der Waals surface area contributed by atoms with E-state index in [1.54, 1.807) is 6.92 Å². The lowest BCUT2D eigenvalue weighted by Crippen LogP contribution is -2.47. The van der Waals surface area contributed by atoms with E-state index in [4.69, 9.17) is 10.3 Å². The van der Waals surface area contributed by atoms with Gasteiger partial charge in [0.15, 0.2) is 16.5 Å². The topological polar surface area (TPSA) is 92.7 Å². The van der Waals surface area contributed by atoms with Crippen molar-refractivity contribution >= 4 is 15.8 Å². The zero-order valence-electron chi connectivity index (χ0n) is 11.5. The van der Waals surface area contributed by atoms with E-state index in [0.29, 0.717) is 13.1 Å². The molecule has 1 aromatic heterocycles. The molecule has 0 saturated carbocycles. The Morgan fingerprint density at radius 3 is 2.68 bits per heavy atom. The number of piperidine rings is 1. The number of hydrogen-bond donors (Lipinski definition) is 1. The van der Waals surface area contributed by atoms with Crippen LogP contribution in [-0.4, -0.2) is 56.0 Å². The molecule has 1 fully saturated rings. The molecule has 0 radical (unpaired) electrons. The van der Waals surface area contributed by atoms with E-state index in [-0.39, 0.29) is 22.5 Å². The molecule has 108 valence electrons. The molecule has 1 aliphatic rings. The van der Waals surface area contributed by atoms with Gasteiger partial charge in [0.25, 0.3) is 0 Å². The minimum absolute atomic E-state index is 0.00639. The smallest absolute Gasteiger partial charge is 0.250 e. The normalized spacial score (nSPS) is 22.0. The summed E-state index contributed by atoms with van der Waals surface area (Å²) in [4.78, 5) is 2.05. The summed E-state index contributed by atoms with van der Waals surface area (Å²) in [7, 11) is 0.295. The fraction of sp³-hybridized carbons (Fsp3) is 0.727. The third-order valence-corrected chi connectivity index (χ3v) is 5.54. The van der Waals surface area contributed by atoms with E-state index in [1.165, 1.54) is 4.31 Å². The average molecular weight is 288 g/mol. The molecule has 0 aliphatic carbocycles. The fourth-order valence-corrected chi connectivity index (χ4v) is 4.08. The van der Waals surface area contributed by atoms with E-state index in [9.17, 15) is 8.42 Å². The highest BCUT2D eigenvalue weighted by molar-refractivity contribution is 7.89. The van der Waals surface area contributed by atoms with Gasteiger partial charge in [0, 0.05) is 19.1 Å². The summed E-state index contributed by atoms with van der Waals surface area (Å²) in [5, 5.41) is 3.52. The summed E-state index contributed by atoms with van der Waals surface area (Å²) >= 11 is 0. The summed E-state index contributed by atoms with van der Waals surface area (Å²) in [5.41, 5.74) is 5.61. The predicted molar refractivity (Wildman–Crippen MR) is 71.1 cm³/mol. The van der Waals surface area contributed by atoms with Crippen LogP contribution in [0.25, 0.3) is 0 Å². The molecule has 2 heterocycles. The minimum atomic E-state index is -3.62. The molecule has 0 amide bonds. The van der Waals surface area contributed by atoms with E-state index >= 15 is 0 Å². The molecule has 0 aromatic carbocycles. The van der Waals surface area contributed by atoms with Crippen LogP contribution in [0, 0.1) is 6.92 Å². The highest BCUT2D eigenvalue weighted by atomic mass is 32.2. The molecule has 1 saturated heterocycles. The molecule has 1 unspecified atom stereocenters. The van der Waals surface area contributed by atoms with Crippen molar-refractivity contribution in [3.8, 4) is 0 Å². The third-order valence-electron chi connectivity index (χ3n) is 3.52. The molecule has 1 atom stereocenters. The SMILES string of the molecule is Cc1onc(N)c1S(=O)(=O)N1CCCC(N(C)C)C1. The summed E-state index contributed by atoms with van der Waals surface area (Å²) in [6.45, 7) is 2.54.